The number of rotatable bonds is 9. The molecule has 5 heteroatoms. The fraction of sp³-hybridized carbons (Fsp3) is 0.440. The van der Waals surface area contributed by atoms with E-state index in [-0.39, 0.29) is 23.4 Å². The smallest absolute Gasteiger partial charge is 0.343 e. The summed E-state index contributed by atoms with van der Waals surface area (Å²) in [5, 5.41) is 8.90. The van der Waals surface area contributed by atoms with Crippen LogP contribution in [0.3, 0.4) is 0 Å². The quantitative estimate of drug-likeness (QED) is 0.445. The molecular formula is C25H28O5. The lowest BCUT2D eigenvalue weighted by molar-refractivity contribution is -0.137. The van der Waals surface area contributed by atoms with E-state index in [4.69, 9.17) is 14.6 Å². The van der Waals surface area contributed by atoms with E-state index in [1.54, 1.807) is 18.2 Å². The Kier molecular flexibility index (Phi) is 5.91. The molecule has 2 saturated carbocycles. The molecule has 2 aromatic carbocycles. The summed E-state index contributed by atoms with van der Waals surface area (Å²) >= 11 is 0. The molecule has 30 heavy (non-hydrogen) atoms. The molecule has 1 N–H and O–H groups in total. The summed E-state index contributed by atoms with van der Waals surface area (Å²) in [6, 6.07) is 16.5. The number of carboxylic acid groups (broad SMARTS) is 1. The van der Waals surface area contributed by atoms with Crippen molar-refractivity contribution < 1.29 is 24.2 Å². The molecule has 4 rings (SSSR count). The van der Waals surface area contributed by atoms with Crippen LogP contribution in [0.1, 0.15) is 67.3 Å². The predicted molar refractivity (Wildman–Crippen MR) is 112 cm³/mol. The summed E-state index contributed by atoms with van der Waals surface area (Å²) in [7, 11) is 0. The maximum atomic E-state index is 12.3. The summed E-state index contributed by atoms with van der Waals surface area (Å²) in [6.45, 7) is 0.488. The average molecular weight is 408 g/mol. The zero-order valence-corrected chi connectivity index (χ0v) is 17.1. The SMILES string of the molecule is O=C(O)CCCC12CCC(OCc3cccc(OC(=O)c4ccccc4)c3)(CC1)C2. The monoisotopic (exact) mass is 408 g/mol. The molecule has 0 amide bonds. The lowest BCUT2D eigenvalue weighted by Crippen LogP contribution is -2.26. The first-order chi connectivity index (χ1) is 14.5. The molecular weight excluding hydrogens is 380 g/mol. The summed E-state index contributed by atoms with van der Waals surface area (Å²) in [5.41, 5.74) is 1.69. The first-order valence-electron chi connectivity index (χ1n) is 10.7. The van der Waals surface area contributed by atoms with E-state index in [2.05, 4.69) is 0 Å². The van der Waals surface area contributed by atoms with Crippen molar-refractivity contribution in [3.8, 4) is 5.75 Å². The minimum Gasteiger partial charge on any atom is -0.481 e. The Labute approximate surface area is 177 Å². The summed E-state index contributed by atoms with van der Waals surface area (Å²) in [4.78, 5) is 23.1. The average Bonchev–Trinajstić information content (AvgIpc) is 3.29. The Hall–Kier alpha value is -2.66. The number of fused-ring (bicyclic) bond motifs is 2. The van der Waals surface area contributed by atoms with Gasteiger partial charge in [0.25, 0.3) is 0 Å². The minimum absolute atomic E-state index is 0.0834. The molecule has 0 unspecified atom stereocenters. The van der Waals surface area contributed by atoms with E-state index >= 15 is 0 Å². The Balaban J connectivity index is 1.32. The van der Waals surface area contributed by atoms with Crippen molar-refractivity contribution in [1.82, 2.24) is 0 Å². The second-order valence-corrected chi connectivity index (χ2v) is 8.80. The molecule has 0 aromatic heterocycles. The molecule has 0 atom stereocenters. The van der Waals surface area contributed by atoms with Crippen LogP contribution in [-0.2, 0) is 16.1 Å². The van der Waals surface area contributed by atoms with Crippen LogP contribution in [0.4, 0.5) is 0 Å². The van der Waals surface area contributed by atoms with Gasteiger partial charge in [-0.3, -0.25) is 4.79 Å². The van der Waals surface area contributed by atoms with E-state index in [1.165, 1.54) is 0 Å². The van der Waals surface area contributed by atoms with E-state index in [1.807, 2.05) is 36.4 Å². The van der Waals surface area contributed by atoms with Crippen LogP contribution in [0.5, 0.6) is 5.75 Å². The van der Waals surface area contributed by atoms with Gasteiger partial charge < -0.3 is 14.6 Å². The van der Waals surface area contributed by atoms with Gasteiger partial charge in [-0.05, 0) is 80.2 Å². The van der Waals surface area contributed by atoms with Crippen molar-refractivity contribution in [2.45, 2.75) is 63.6 Å². The first-order valence-corrected chi connectivity index (χ1v) is 10.7. The van der Waals surface area contributed by atoms with E-state index in [0.717, 1.165) is 50.5 Å². The highest BCUT2D eigenvalue weighted by Crippen LogP contribution is 2.60. The largest absolute Gasteiger partial charge is 0.481 e. The van der Waals surface area contributed by atoms with Crippen molar-refractivity contribution in [2.75, 3.05) is 0 Å². The number of hydrogen-bond acceptors (Lipinski definition) is 4. The molecule has 0 aliphatic heterocycles. The second-order valence-electron chi connectivity index (χ2n) is 8.80. The zero-order chi connectivity index (χ0) is 21.0. The fourth-order valence-electron chi connectivity index (χ4n) is 5.10. The highest BCUT2D eigenvalue weighted by atomic mass is 16.5. The molecule has 5 nitrogen and oxygen atoms in total. The highest BCUT2D eigenvalue weighted by Gasteiger charge is 2.54. The normalized spacial score (nSPS) is 24.7. The summed E-state index contributed by atoms with van der Waals surface area (Å²) in [5.74, 6) is -0.564. The molecule has 0 spiro atoms. The van der Waals surface area contributed by atoms with Gasteiger partial charge in [-0.1, -0.05) is 30.3 Å². The van der Waals surface area contributed by atoms with Gasteiger partial charge in [0.2, 0.25) is 0 Å². The Morgan fingerprint density at radius 3 is 2.47 bits per heavy atom. The lowest BCUT2D eigenvalue weighted by Gasteiger charge is -2.28. The highest BCUT2D eigenvalue weighted by molar-refractivity contribution is 5.90. The maximum absolute atomic E-state index is 12.3. The number of ether oxygens (including phenoxy) is 2. The molecule has 0 heterocycles. The number of carbonyl (C=O) groups is 2. The zero-order valence-electron chi connectivity index (χ0n) is 17.1. The third kappa shape index (κ3) is 4.73. The standard InChI is InChI=1S/C25H28O5/c26-22(27)10-5-11-24-12-14-25(18-24,15-13-24)29-17-19-6-4-9-21(16-19)30-23(28)20-7-2-1-3-8-20/h1-4,6-9,16H,5,10-15,17-18H2,(H,26,27). The van der Waals surface area contributed by atoms with Crippen LogP contribution in [0, 0.1) is 5.41 Å². The van der Waals surface area contributed by atoms with Crippen LogP contribution in [0.2, 0.25) is 0 Å². The minimum atomic E-state index is -0.710. The molecule has 0 saturated heterocycles. The van der Waals surface area contributed by atoms with Gasteiger partial charge >= 0.3 is 11.9 Å². The Bertz CT molecular complexity index is 897. The number of hydrogen-bond donors (Lipinski definition) is 1. The third-order valence-corrected chi connectivity index (χ3v) is 6.68. The van der Waals surface area contributed by atoms with Gasteiger partial charge in [0, 0.05) is 6.42 Å². The molecule has 2 fully saturated rings. The Morgan fingerprint density at radius 2 is 1.73 bits per heavy atom. The van der Waals surface area contributed by atoms with Crippen molar-refractivity contribution in [2.24, 2.45) is 5.41 Å². The van der Waals surface area contributed by atoms with Gasteiger partial charge in [0.1, 0.15) is 5.75 Å². The summed E-state index contributed by atoms with van der Waals surface area (Å²) in [6.07, 6.45) is 7.36. The molecule has 2 bridgehead atoms. The number of esters is 1. The van der Waals surface area contributed by atoms with Crippen LogP contribution in [0.25, 0.3) is 0 Å². The maximum Gasteiger partial charge on any atom is 0.343 e. The van der Waals surface area contributed by atoms with Gasteiger partial charge in [0.05, 0.1) is 17.8 Å². The Morgan fingerprint density at radius 1 is 0.967 bits per heavy atom. The van der Waals surface area contributed by atoms with Crippen molar-refractivity contribution >= 4 is 11.9 Å². The number of carbonyl (C=O) groups excluding carboxylic acids is 1. The third-order valence-electron chi connectivity index (χ3n) is 6.68. The van der Waals surface area contributed by atoms with Gasteiger partial charge in [-0.15, -0.1) is 0 Å². The van der Waals surface area contributed by atoms with Crippen LogP contribution in [0.15, 0.2) is 54.6 Å². The molecule has 158 valence electrons. The number of benzene rings is 2. The molecule has 2 aromatic rings. The number of carboxylic acids is 1. The predicted octanol–water partition coefficient (Wildman–Crippen LogP) is 5.38. The molecule has 2 aliphatic rings. The van der Waals surface area contributed by atoms with E-state index in [0.29, 0.717) is 17.9 Å². The fourth-order valence-corrected chi connectivity index (χ4v) is 5.10. The van der Waals surface area contributed by atoms with Crippen molar-refractivity contribution in [3.63, 3.8) is 0 Å². The van der Waals surface area contributed by atoms with Gasteiger partial charge in [-0.2, -0.15) is 0 Å². The van der Waals surface area contributed by atoms with Gasteiger partial charge in [-0.25, -0.2) is 4.79 Å². The second kappa shape index (κ2) is 8.60. The first kappa shape index (κ1) is 20.6. The topological polar surface area (TPSA) is 72.8 Å². The van der Waals surface area contributed by atoms with E-state index in [9.17, 15) is 9.59 Å². The van der Waals surface area contributed by atoms with Crippen molar-refractivity contribution in [3.05, 3.63) is 65.7 Å². The number of aliphatic carboxylic acids is 1. The lowest BCUT2D eigenvalue weighted by atomic mass is 9.80. The van der Waals surface area contributed by atoms with Crippen LogP contribution < -0.4 is 4.74 Å². The van der Waals surface area contributed by atoms with Gasteiger partial charge in [0.15, 0.2) is 0 Å². The van der Waals surface area contributed by atoms with Crippen molar-refractivity contribution in [1.29, 1.82) is 0 Å². The molecule has 2 aliphatic carbocycles. The van der Waals surface area contributed by atoms with Crippen LogP contribution >= 0.6 is 0 Å². The molecule has 0 radical (unpaired) electrons. The van der Waals surface area contributed by atoms with Crippen LogP contribution in [-0.4, -0.2) is 22.6 Å². The van der Waals surface area contributed by atoms with E-state index < -0.39 is 5.97 Å². The summed E-state index contributed by atoms with van der Waals surface area (Å²) < 4.78 is 11.9.